The van der Waals surface area contributed by atoms with Crippen molar-refractivity contribution in [3.63, 3.8) is 0 Å². The van der Waals surface area contributed by atoms with Gasteiger partial charge < -0.3 is 11.1 Å². The molecule has 6 heteroatoms. The zero-order valence-electron chi connectivity index (χ0n) is 7.30. The lowest BCUT2D eigenvalue weighted by atomic mass is 10.3. The summed E-state index contributed by atoms with van der Waals surface area (Å²) in [5, 5.41) is 2.82. The van der Waals surface area contributed by atoms with Crippen LogP contribution in [-0.2, 0) is 6.18 Å². The molecule has 0 bridgehead atoms. The van der Waals surface area contributed by atoms with Crippen LogP contribution in [0.1, 0.15) is 5.69 Å². The molecule has 0 atom stereocenters. The highest BCUT2D eigenvalue weighted by Crippen LogP contribution is 2.27. The van der Waals surface area contributed by atoms with Crippen LogP contribution in [0.5, 0.6) is 0 Å². The van der Waals surface area contributed by atoms with Gasteiger partial charge in [-0.15, -0.1) is 0 Å². The topological polar surface area (TPSA) is 50.9 Å². The molecular formula is C8H10F3N3. The molecule has 0 aliphatic rings. The lowest BCUT2D eigenvalue weighted by molar-refractivity contribution is -0.141. The first-order valence-corrected chi connectivity index (χ1v) is 4.01. The standard InChI is InChI=1S/C8H10F3N3/c9-8(10,11)7-2-1-6(5-14-7)13-4-3-12/h1-2,5,13H,3-4,12H2. The summed E-state index contributed by atoms with van der Waals surface area (Å²) < 4.78 is 36.2. The van der Waals surface area contributed by atoms with Crippen LogP contribution in [0.3, 0.4) is 0 Å². The van der Waals surface area contributed by atoms with Crippen LogP contribution in [0.2, 0.25) is 0 Å². The number of pyridine rings is 1. The Morgan fingerprint density at radius 2 is 2.07 bits per heavy atom. The Hall–Kier alpha value is -1.30. The van der Waals surface area contributed by atoms with Gasteiger partial charge in [-0.3, -0.25) is 0 Å². The summed E-state index contributed by atoms with van der Waals surface area (Å²) in [6.45, 7) is 0.925. The predicted molar refractivity (Wildman–Crippen MR) is 46.8 cm³/mol. The van der Waals surface area contributed by atoms with Crippen LogP contribution in [-0.4, -0.2) is 18.1 Å². The number of alkyl halides is 3. The molecule has 0 saturated carbocycles. The lowest BCUT2D eigenvalue weighted by Gasteiger charge is -2.07. The fourth-order valence-corrected chi connectivity index (χ4v) is 0.883. The fourth-order valence-electron chi connectivity index (χ4n) is 0.883. The van der Waals surface area contributed by atoms with Gasteiger partial charge in [-0.05, 0) is 12.1 Å². The quantitative estimate of drug-likeness (QED) is 0.785. The number of nitrogens with one attached hydrogen (secondary N) is 1. The Bertz CT molecular complexity index is 281. The summed E-state index contributed by atoms with van der Waals surface area (Å²) in [6, 6.07) is 2.25. The molecule has 0 aromatic carbocycles. The van der Waals surface area contributed by atoms with Gasteiger partial charge in [0.25, 0.3) is 0 Å². The third kappa shape index (κ3) is 2.88. The summed E-state index contributed by atoms with van der Waals surface area (Å²) in [7, 11) is 0. The number of nitrogens with two attached hydrogens (primary N) is 1. The van der Waals surface area contributed by atoms with E-state index in [1.807, 2.05) is 0 Å². The van der Waals surface area contributed by atoms with E-state index in [1.165, 1.54) is 6.07 Å². The van der Waals surface area contributed by atoms with E-state index in [-0.39, 0.29) is 0 Å². The number of nitrogens with zero attached hydrogens (tertiary/aromatic N) is 1. The van der Waals surface area contributed by atoms with Gasteiger partial charge in [0.1, 0.15) is 5.69 Å². The smallest absolute Gasteiger partial charge is 0.383 e. The van der Waals surface area contributed by atoms with E-state index in [4.69, 9.17) is 5.73 Å². The van der Waals surface area contributed by atoms with E-state index >= 15 is 0 Å². The third-order valence-electron chi connectivity index (χ3n) is 1.53. The SMILES string of the molecule is NCCNc1ccc(C(F)(F)F)nc1. The van der Waals surface area contributed by atoms with Gasteiger partial charge in [0.2, 0.25) is 0 Å². The minimum absolute atomic E-state index is 0.418. The first-order chi connectivity index (χ1) is 6.54. The Labute approximate surface area is 79.1 Å². The van der Waals surface area contributed by atoms with E-state index < -0.39 is 11.9 Å². The summed E-state index contributed by atoms with van der Waals surface area (Å²) >= 11 is 0. The highest BCUT2D eigenvalue weighted by Gasteiger charge is 2.31. The van der Waals surface area contributed by atoms with E-state index in [9.17, 15) is 13.2 Å². The normalized spacial score (nSPS) is 11.4. The Morgan fingerprint density at radius 1 is 1.36 bits per heavy atom. The molecule has 0 amide bonds. The van der Waals surface area contributed by atoms with Crippen LogP contribution < -0.4 is 11.1 Å². The van der Waals surface area contributed by atoms with Crippen molar-refractivity contribution in [2.24, 2.45) is 5.73 Å². The summed E-state index contributed by atoms with van der Waals surface area (Å²) in [5.41, 5.74) is 4.85. The van der Waals surface area contributed by atoms with Gasteiger partial charge in [0, 0.05) is 13.1 Å². The van der Waals surface area contributed by atoms with E-state index in [0.717, 1.165) is 12.3 Å². The average molecular weight is 205 g/mol. The number of rotatable bonds is 3. The molecule has 0 spiro atoms. The van der Waals surface area contributed by atoms with Gasteiger partial charge in [-0.2, -0.15) is 13.2 Å². The van der Waals surface area contributed by atoms with Crippen LogP contribution in [0.4, 0.5) is 18.9 Å². The monoisotopic (exact) mass is 205 g/mol. The molecule has 1 heterocycles. The fraction of sp³-hybridized carbons (Fsp3) is 0.375. The lowest BCUT2D eigenvalue weighted by Crippen LogP contribution is -2.14. The van der Waals surface area contributed by atoms with E-state index in [2.05, 4.69) is 10.3 Å². The van der Waals surface area contributed by atoms with Crippen molar-refractivity contribution < 1.29 is 13.2 Å². The van der Waals surface area contributed by atoms with Crippen LogP contribution in [0, 0.1) is 0 Å². The van der Waals surface area contributed by atoms with Gasteiger partial charge >= 0.3 is 6.18 Å². The van der Waals surface area contributed by atoms with Gasteiger partial charge in [-0.25, -0.2) is 4.98 Å². The molecule has 1 aromatic rings. The maximum atomic E-state index is 12.1. The summed E-state index contributed by atoms with van der Waals surface area (Å²) in [6.07, 6.45) is -3.25. The molecule has 0 radical (unpaired) electrons. The van der Waals surface area contributed by atoms with Crippen molar-refractivity contribution in [2.75, 3.05) is 18.4 Å². The van der Waals surface area contributed by atoms with Crippen molar-refractivity contribution in [3.05, 3.63) is 24.0 Å². The Balaban J connectivity index is 2.69. The maximum absolute atomic E-state index is 12.1. The molecule has 0 aliphatic carbocycles. The summed E-state index contributed by atoms with van der Waals surface area (Å²) in [4.78, 5) is 3.27. The van der Waals surface area contributed by atoms with Crippen molar-refractivity contribution >= 4 is 5.69 Å². The minimum atomic E-state index is -4.38. The molecule has 1 aromatic heterocycles. The van der Waals surface area contributed by atoms with Crippen LogP contribution in [0.25, 0.3) is 0 Å². The number of aromatic nitrogens is 1. The molecule has 3 nitrogen and oxygen atoms in total. The van der Waals surface area contributed by atoms with Crippen molar-refractivity contribution in [1.82, 2.24) is 4.98 Å². The van der Waals surface area contributed by atoms with Gasteiger partial charge in [0.15, 0.2) is 0 Å². The molecule has 0 unspecified atom stereocenters. The molecule has 14 heavy (non-hydrogen) atoms. The first-order valence-electron chi connectivity index (χ1n) is 4.01. The second-order valence-corrected chi connectivity index (χ2v) is 2.65. The summed E-state index contributed by atoms with van der Waals surface area (Å²) in [5.74, 6) is 0. The zero-order chi connectivity index (χ0) is 10.6. The van der Waals surface area contributed by atoms with Crippen LogP contribution in [0.15, 0.2) is 18.3 Å². The number of anilines is 1. The predicted octanol–water partition coefficient (Wildman–Crippen LogP) is 1.47. The van der Waals surface area contributed by atoms with Crippen LogP contribution >= 0.6 is 0 Å². The number of hydrogen-bond donors (Lipinski definition) is 2. The minimum Gasteiger partial charge on any atom is -0.383 e. The number of hydrogen-bond acceptors (Lipinski definition) is 3. The molecule has 0 fully saturated rings. The Morgan fingerprint density at radius 3 is 2.50 bits per heavy atom. The molecular weight excluding hydrogens is 195 g/mol. The first kappa shape index (κ1) is 10.8. The molecule has 0 aliphatic heterocycles. The van der Waals surface area contributed by atoms with Gasteiger partial charge in [-0.1, -0.05) is 0 Å². The largest absolute Gasteiger partial charge is 0.433 e. The van der Waals surface area contributed by atoms with E-state index in [0.29, 0.717) is 18.8 Å². The number of halogens is 3. The van der Waals surface area contributed by atoms with Crippen molar-refractivity contribution in [3.8, 4) is 0 Å². The second kappa shape index (κ2) is 4.28. The van der Waals surface area contributed by atoms with Crippen molar-refractivity contribution in [1.29, 1.82) is 0 Å². The molecule has 78 valence electrons. The second-order valence-electron chi connectivity index (χ2n) is 2.65. The van der Waals surface area contributed by atoms with Crippen molar-refractivity contribution in [2.45, 2.75) is 6.18 Å². The van der Waals surface area contributed by atoms with Gasteiger partial charge in [0.05, 0.1) is 11.9 Å². The molecule has 1 rings (SSSR count). The highest BCUT2D eigenvalue weighted by molar-refractivity contribution is 5.41. The maximum Gasteiger partial charge on any atom is 0.433 e. The highest BCUT2D eigenvalue weighted by atomic mass is 19.4. The zero-order valence-corrected chi connectivity index (χ0v) is 7.30. The third-order valence-corrected chi connectivity index (χ3v) is 1.53. The van der Waals surface area contributed by atoms with E-state index in [1.54, 1.807) is 0 Å². The molecule has 0 saturated heterocycles. The average Bonchev–Trinajstić information content (AvgIpc) is 2.14. The Kier molecular flexibility index (Phi) is 3.29. The molecule has 3 N–H and O–H groups in total.